The molecule has 0 radical (unpaired) electrons. The highest BCUT2D eigenvalue weighted by atomic mass is 35.5. The zero-order chi connectivity index (χ0) is 20.3. The fourth-order valence-electron chi connectivity index (χ4n) is 2.55. The number of ether oxygens (including phenoxy) is 1. The number of fused-ring (bicyclic) bond motifs is 1. The lowest BCUT2D eigenvalue weighted by molar-refractivity contribution is -0.384. The number of nitro groups is 1. The number of H-pyrrole nitrogens is 1. The van der Waals surface area contributed by atoms with Crippen LogP contribution in [0.25, 0.3) is 10.9 Å². The van der Waals surface area contributed by atoms with Crippen LogP contribution in [-0.4, -0.2) is 28.6 Å². The van der Waals surface area contributed by atoms with Crippen molar-refractivity contribution in [1.29, 1.82) is 0 Å². The highest BCUT2D eigenvalue weighted by Gasteiger charge is 2.12. The van der Waals surface area contributed by atoms with Crippen molar-refractivity contribution < 1.29 is 14.5 Å². The molecule has 28 heavy (non-hydrogen) atoms. The van der Waals surface area contributed by atoms with Crippen molar-refractivity contribution in [1.82, 2.24) is 10.4 Å². The number of rotatable bonds is 6. The minimum Gasteiger partial charge on any atom is -0.482 e. The van der Waals surface area contributed by atoms with Gasteiger partial charge in [-0.05, 0) is 31.2 Å². The summed E-state index contributed by atoms with van der Waals surface area (Å²) in [6, 6.07) is 9.16. The van der Waals surface area contributed by atoms with E-state index < -0.39 is 10.8 Å². The van der Waals surface area contributed by atoms with Gasteiger partial charge in [-0.3, -0.25) is 14.9 Å². The molecule has 1 aromatic heterocycles. The van der Waals surface area contributed by atoms with Crippen LogP contribution in [0.15, 0.2) is 41.5 Å². The molecule has 10 heteroatoms. The number of aromatic amines is 1. The Labute approximate surface area is 169 Å². The Bertz CT molecular complexity index is 1090. The molecule has 0 saturated carbocycles. The van der Waals surface area contributed by atoms with E-state index in [-0.39, 0.29) is 12.3 Å². The molecule has 2 N–H and O–H groups in total. The molecule has 0 spiro atoms. The zero-order valence-electron chi connectivity index (χ0n) is 14.5. The Morgan fingerprint density at radius 1 is 1.32 bits per heavy atom. The lowest BCUT2D eigenvalue weighted by Gasteiger charge is -2.07. The summed E-state index contributed by atoms with van der Waals surface area (Å²) in [6.45, 7) is 1.51. The SMILES string of the molecule is Cc1[nH]c2ccc([N+](=O)[O-])cc2c1C=NNC(=O)COc1ccc(Cl)cc1Cl. The Balaban J connectivity index is 1.67. The van der Waals surface area contributed by atoms with Crippen molar-refractivity contribution in [3.05, 3.63) is 67.8 Å². The molecule has 0 fully saturated rings. The van der Waals surface area contributed by atoms with Gasteiger partial charge in [0.05, 0.1) is 16.2 Å². The lowest BCUT2D eigenvalue weighted by Crippen LogP contribution is -2.24. The monoisotopic (exact) mass is 420 g/mol. The molecule has 0 saturated heterocycles. The van der Waals surface area contributed by atoms with Gasteiger partial charge in [0.25, 0.3) is 11.6 Å². The third-order valence-electron chi connectivity index (χ3n) is 3.87. The number of non-ortho nitro benzene ring substituents is 1. The van der Waals surface area contributed by atoms with Crippen molar-refractivity contribution >= 4 is 51.9 Å². The summed E-state index contributed by atoms with van der Waals surface area (Å²) in [6.07, 6.45) is 1.42. The van der Waals surface area contributed by atoms with Crippen LogP contribution in [-0.2, 0) is 4.79 Å². The number of benzene rings is 2. The van der Waals surface area contributed by atoms with Gasteiger partial charge in [-0.1, -0.05) is 23.2 Å². The number of nitrogens with one attached hydrogen (secondary N) is 2. The molecule has 0 atom stereocenters. The first kappa shape index (κ1) is 19.7. The Morgan fingerprint density at radius 3 is 2.82 bits per heavy atom. The fourth-order valence-corrected chi connectivity index (χ4v) is 3.02. The highest BCUT2D eigenvalue weighted by Crippen LogP contribution is 2.27. The highest BCUT2D eigenvalue weighted by molar-refractivity contribution is 6.35. The van der Waals surface area contributed by atoms with Crippen molar-refractivity contribution in [2.45, 2.75) is 6.92 Å². The maximum atomic E-state index is 11.9. The average molecular weight is 421 g/mol. The minimum absolute atomic E-state index is 0.0292. The van der Waals surface area contributed by atoms with Crippen LogP contribution in [0.2, 0.25) is 10.0 Å². The summed E-state index contributed by atoms with van der Waals surface area (Å²) in [7, 11) is 0. The predicted molar refractivity (Wildman–Crippen MR) is 107 cm³/mol. The second-order valence-electron chi connectivity index (χ2n) is 5.81. The number of hydrazone groups is 1. The van der Waals surface area contributed by atoms with Gasteiger partial charge in [0, 0.05) is 39.3 Å². The van der Waals surface area contributed by atoms with Gasteiger partial charge in [0.15, 0.2) is 6.61 Å². The van der Waals surface area contributed by atoms with Gasteiger partial charge in [0.2, 0.25) is 0 Å². The second-order valence-corrected chi connectivity index (χ2v) is 6.65. The van der Waals surface area contributed by atoms with Gasteiger partial charge in [0.1, 0.15) is 5.75 Å². The Morgan fingerprint density at radius 2 is 2.11 bits per heavy atom. The maximum Gasteiger partial charge on any atom is 0.277 e. The van der Waals surface area contributed by atoms with Gasteiger partial charge < -0.3 is 9.72 Å². The molecule has 0 aliphatic carbocycles. The van der Waals surface area contributed by atoms with Crippen molar-refractivity contribution in [3.63, 3.8) is 0 Å². The van der Waals surface area contributed by atoms with Gasteiger partial charge >= 0.3 is 0 Å². The zero-order valence-corrected chi connectivity index (χ0v) is 16.0. The van der Waals surface area contributed by atoms with Crippen molar-refractivity contribution in [3.8, 4) is 5.75 Å². The standard InChI is InChI=1S/C18H14Cl2N4O4/c1-10-14(13-7-12(24(26)27)3-4-16(13)22-10)8-21-23-18(25)9-28-17-5-2-11(19)6-15(17)20/h2-8,22H,9H2,1H3,(H,23,25). The molecule has 3 aromatic rings. The number of nitrogens with zero attached hydrogens (tertiary/aromatic N) is 2. The van der Waals surface area contributed by atoms with Crippen LogP contribution in [0.5, 0.6) is 5.75 Å². The normalized spacial score (nSPS) is 11.1. The van der Waals surface area contributed by atoms with E-state index >= 15 is 0 Å². The number of aromatic nitrogens is 1. The van der Waals surface area contributed by atoms with E-state index in [0.29, 0.717) is 26.7 Å². The lowest BCUT2D eigenvalue weighted by atomic mass is 10.1. The molecule has 0 aliphatic rings. The van der Waals surface area contributed by atoms with Crippen LogP contribution in [0.4, 0.5) is 5.69 Å². The number of hydrogen-bond acceptors (Lipinski definition) is 5. The van der Waals surface area contributed by atoms with Crippen LogP contribution in [0.1, 0.15) is 11.3 Å². The molecule has 0 unspecified atom stereocenters. The second kappa shape index (κ2) is 8.28. The largest absolute Gasteiger partial charge is 0.482 e. The molecule has 144 valence electrons. The molecule has 8 nitrogen and oxygen atoms in total. The Hall–Kier alpha value is -3.10. The molecule has 3 rings (SSSR count). The van der Waals surface area contributed by atoms with Crippen molar-refractivity contribution in [2.24, 2.45) is 5.10 Å². The number of carbonyl (C=O) groups is 1. The first-order valence-corrected chi connectivity index (χ1v) is 8.77. The van der Waals surface area contributed by atoms with Crippen molar-refractivity contribution in [2.75, 3.05) is 6.61 Å². The molecule has 2 aromatic carbocycles. The summed E-state index contributed by atoms with van der Waals surface area (Å²) in [5.41, 5.74) is 4.44. The van der Waals surface area contributed by atoms with E-state index in [1.807, 2.05) is 0 Å². The summed E-state index contributed by atoms with van der Waals surface area (Å²) in [5.74, 6) is -0.171. The van der Waals surface area contributed by atoms with E-state index in [1.54, 1.807) is 25.1 Å². The topological polar surface area (TPSA) is 110 Å². The van der Waals surface area contributed by atoms with E-state index in [9.17, 15) is 14.9 Å². The molecule has 1 amide bonds. The molecular weight excluding hydrogens is 407 g/mol. The average Bonchev–Trinajstić information content (AvgIpc) is 2.95. The van der Waals surface area contributed by atoms with Crippen LogP contribution in [0, 0.1) is 17.0 Å². The summed E-state index contributed by atoms with van der Waals surface area (Å²) in [4.78, 5) is 25.5. The minimum atomic E-state index is -0.495. The number of aryl methyl sites for hydroxylation is 1. The molecular formula is C18H14Cl2N4O4. The van der Waals surface area contributed by atoms with Gasteiger partial charge in [-0.25, -0.2) is 5.43 Å². The number of nitro benzene ring substituents is 1. The molecule has 0 aliphatic heterocycles. The third-order valence-corrected chi connectivity index (χ3v) is 4.40. The van der Waals surface area contributed by atoms with E-state index in [0.717, 1.165) is 11.2 Å². The van der Waals surface area contributed by atoms with Crippen LogP contribution >= 0.6 is 23.2 Å². The van der Waals surface area contributed by atoms with Gasteiger partial charge in [-0.15, -0.1) is 0 Å². The van der Waals surface area contributed by atoms with Crippen LogP contribution in [0.3, 0.4) is 0 Å². The Kier molecular flexibility index (Phi) is 5.81. The summed E-state index contributed by atoms with van der Waals surface area (Å²) in [5, 5.41) is 16.3. The number of carbonyl (C=O) groups excluding carboxylic acids is 1. The summed E-state index contributed by atoms with van der Waals surface area (Å²) < 4.78 is 5.32. The van der Waals surface area contributed by atoms with E-state index in [1.165, 1.54) is 24.4 Å². The van der Waals surface area contributed by atoms with E-state index in [2.05, 4.69) is 15.5 Å². The first-order chi connectivity index (χ1) is 13.3. The molecule has 1 heterocycles. The van der Waals surface area contributed by atoms with Crippen LogP contribution < -0.4 is 10.2 Å². The number of amides is 1. The number of hydrogen-bond donors (Lipinski definition) is 2. The number of halogens is 2. The first-order valence-electron chi connectivity index (χ1n) is 8.01. The molecule has 0 bridgehead atoms. The third kappa shape index (κ3) is 4.41. The van der Waals surface area contributed by atoms with Gasteiger partial charge in [-0.2, -0.15) is 5.10 Å². The smallest absolute Gasteiger partial charge is 0.277 e. The quantitative estimate of drug-likeness (QED) is 0.353. The predicted octanol–water partition coefficient (Wildman–Crippen LogP) is 4.22. The maximum absolute atomic E-state index is 11.9. The van der Waals surface area contributed by atoms with E-state index in [4.69, 9.17) is 27.9 Å². The fraction of sp³-hybridized carbons (Fsp3) is 0.111. The summed E-state index contributed by atoms with van der Waals surface area (Å²) >= 11 is 11.8.